The fourth-order valence-electron chi connectivity index (χ4n) is 6.35. The summed E-state index contributed by atoms with van der Waals surface area (Å²) >= 11 is 5.96. The van der Waals surface area contributed by atoms with Crippen molar-refractivity contribution >= 4 is 28.7 Å². The van der Waals surface area contributed by atoms with E-state index >= 15 is 0 Å². The molecule has 11 heteroatoms. The van der Waals surface area contributed by atoms with Crippen molar-refractivity contribution in [2.45, 2.75) is 50.8 Å². The van der Waals surface area contributed by atoms with E-state index in [1.165, 1.54) is 13.2 Å². The molecule has 2 fully saturated rings. The number of esters is 1. The molecule has 2 aromatic carbocycles. The van der Waals surface area contributed by atoms with E-state index in [4.69, 9.17) is 30.8 Å². The van der Waals surface area contributed by atoms with Crippen molar-refractivity contribution < 1.29 is 27.8 Å². The maximum absolute atomic E-state index is 14.7. The summed E-state index contributed by atoms with van der Waals surface area (Å²) in [5.74, 6) is 1.47. The molecule has 0 radical (unpaired) electrons. The summed E-state index contributed by atoms with van der Waals surface area (Å²) in [4.78, 5) is 24.0. The summed E-state index contributed by atoms with van der Waals surface area (Å²) in [7, 11) is 1.32. The third kappa shape index (κ3) is 5.49. The molecule has 2 aliphatic heterocycles. The molecule has 1 atom stereocenters. The summed E-state index contributed by atoms with van der Waals surface area (Å²) in [5, 5.41) is 0.336. The molecule has 4 heterocycles. The minimum atomic E-state index is -0.568. The minimum Gasteiger partial charge on any atom is -0.485 e. The van der Waals surface area contributed by atoms with Gasteiger partial charge in [-0.25, -0.2) is 19.2 Å². The molecule has 230 valence electrons. The Bertz CT molecular complexity index is 1720. The van der Waals surface area contributed by atoms with Crippen LogP contribution in [0.25, 0.3) is 11.2 Å². The zero-order chi connectivity index (χ0) is 30.4. The molecule has 0 N–H and O–H groups in total. The zero-order valence-electron chi connectivity index (χ0n) is 24.4. The molecule has 4 aromatic rings. The number of methoxy groups -OCH3 is 1. The summed E-state index contributed by atoms with van der Waals surface area (Å²) in [5.41, 5.74) is 2.55. The van der Waals surface area contributed by atoms with Gasteiger partial charge in [-0.15, -0.1) is 0 Å². The highest BCUT2D eigenvalue weighted by atomic mass is 35.5. The lowest BCUT2D eigenvalue weighted by atomic mass is 9.88. The smallest absolute Gasteiger partial charge is 0.356 e. The van der Waals surface area contributed by atoms with E-state index in [0.717, 1.165) is 50.2 Å². The summed E-state index contributed by atoms with van der Waals surface area (Å²) < 4.78 is 47.9. The van der Waals surface area contributed by atoms with Gasteiger partial charge in [-0.3, -0.25) is 9.29 Å². The summed E-state index contributed by atoms with van der Waals surface area (Å²) in [6.07, 6.45) is 2.85. The maximum Gasteiger partial charge on any atom is 0.356 e. The van der Waals surface area contributed by atoms with E-state index in [1.54, 1.807) is 24.3 Å². The standard InChI is InChI=1S/C33H33ClF2N4O4/c1-42-32(41)26-8-7-25-31(38-26)40(19-33(18-35)11-12-33)29(37-25)16-39-13-9-20(10-14-39)22-3-2-4-27-30(22)44-28(17-43-27)23-6-5-21(34)15-24(23)36/h2-8,15,20,28H,9-14,16-19H2,1H3/t28-/m1/s1. The average molecular weight is 623 g/mol. The maximum atomic E-state index is 14.7. The van der Waals surface area contributed by atoms with Gasteiger partial charge in [0.25, 0.3) is 0 Å². The minimum absolute atomic E-state index is 0.206. The topological polar surface area (TPSA) is 78.7 Å². The number of fused-ring (bicyclic) bond motifs is 2. The number of likely N-dealkylation sites (tertiary alicyclic amines) is 1. The number of hydrogen-bond acceptors (Lipinski definition) is 7. The van der Waals surface area contributed by atoms with Crippen molar-refractivity contribution in [3.05, 3.63) is 82.0 Å². The number of nitrogens with zero attached hydrogens (tertiary/aromatic N) is 4. The monoisotopic (exact) mass is 622 g/mol. The molecule has 44 heavy (non-hydrogen) atoms. The molecule has 0 bridgehead atoms. The number of rotatable bonds is 8. The number of benzene rings is 2. The Morgan fingerprint density at radius 2 is 1.93 bits per heavy atom. The first-order valence-corrected chi connectivity index (χ1v) is 15.3. The SMILES string of the molecule is COC(=O)c1ccc2nc(CN3CCC(c4cccc5c4O[C@@H](c4ccc(Cl)cc4F)CO5)CC3)n(CC3(CF)CC3)c2n1. The number of piperidine rings is 1. The van der Waals surface area contributed by atoms with E-state index in [0.29, 0.717) is 46.3 Å². The second-order valence-corrected chi connectivity index (χ2v) is 12.5. The van der Waals surface area contributed by atoms with Crippen LogP contribution in [0.15, 0.2) is 48.5 Å². The van der Waals surface area contributed by atoms with Crippen molar-refractivity contribution in [2.24, 2.45) is 5.41 Å². The fourth-order valence-corrected chi connectivity index (χ4v) is 6.51. The Morgan fingerprint density at radius 1 is 1.11 bits per heavy atom. The van der Waals surface area contributed by atoms with Crippen LogP contribution in [0.2, 0.25) is 5.02 Å². The van der Waals surface area contributed by atoms with E-state index in [9.17, 15) is 13.6 Å². The number of para-hydroxylation sites is 1. The average Bonchev–Trinajstić information content (AvgIpc) is 3.75. The Kier molecular flexibility index (Phi) is 7.66. The molecule has 3 aliphatic rings. The number of aromatic nitrogens is 3. The predicted octanol–water partition coefficient (Wildman–Crippen LogP) is 6.65. The highest BCUT2D eigenvalue weighted by Crippen LogP contribution is 2.48. The highest BCUT2D eigenvalue weighted by Gasteiger charge is 2.44. The van der Waals surface area contributed by atoms with Crippen LogP contribution in [-0.4, -0.2) is 58.9 Å². The second-order valence-electron chi connectivity index (χ2n) is 12.1. The Labute approximate surface area is 258 Å². The van der Waals surface area contributed by atoms with Crippen LogP contribution >= 0.6 is 11.6 Å². The second kappa shape index (κ2) is 11.6. The molecule has 7 rings (SSSR count). The number of alkyl halides is 1. The predicted molar refractivity (Wildman–Crippen MR) is 160 cm³/mol. The molecular weight excluding hydrogens is 590 g/mol. The lowest BCUT2D eigenvalue weighted by Crippen LogP contribution is -2.34. The number of ether oxygens (including phenoxy) is 3. The van der Waals surface area contributed by atoms with Crippen molar-refractivity contribution in [1.82, 2.24) is 19.4 Å². The van der Waals surface area contributed by atoms with Gasteiger partial charge in [-0.1, -0.05) is 29.8 Å². The van der Waals surface area contributed by atoms with Gasteiger partial charge < -0.3 is 18.8 Å². The number of hydrogen-bond donors (Lipinski definition) is 0. The van der Waals surface area contributed by atoms with Crippen LogP contribution in [0, 0.1) is 11.2 Å². The first-order valence-electron chi connectivity index (χ1n) is 15.0. The molecule has 1 saturated carbocycles. The fraction of sp³-hybridized carbons (Fsp3) is 0.424. The van der Waals surface area contributed by atoms with Crippen molar-refractivity contribution in [3.8, 4) is 11.5 Å². The Morgan fingerprint density at radius 3 is 2.66 bits per heavy atom. The zero-order valence-corrected chi connectivity index (χ0v) is 25.2. The summed E-state index contributed by atoms with van der Waals surface area (Å²) in [6, 6.07) is 13.9. The van der Waals surface area contributed by atoms with Gasteiger partial charge >= 0.3 is 5.97 Å². The van der Waals surface area contributed by atoms with Crippen molar-refractivity contribution in [2.75, 3.05) is 33.5 Å². The number of imidazole rings is 1. The Hall–Kier alpha value is -3.76. The number of pyridine rings is 1. The molecular formula is C33H33ClF2N4O4. The van der Waals surface area contributed by atoms with Gasteiger partial charge in [0.2, 0.25) is 0 Å². The van der Waals surface area contributed by atoms with Gasteiger partial charge in [0.1, 0.15) is 23.8 Å². The van der Waals surface area contributed by atoms with Crippen molar-refractivity contribution in [1.29, 1.82) is 0 Å². The summed E-state index contributed by atoms with van der Waals surface area (Å²) in [6.45, 7) is 2.53. The van der Waals surface area contributed by atoms with Crippen LogP contribution in [0.4, 0.5) is 8.78 Å². The van der Waals surface area contributed by atoms with Crippen LogP contribution in [0.5, 0.6) is 11.5 Å². The van der Waals surface area contributed by atoms with Crippen molar-refractivity contribution in [3.63, 3.8) is 0 Å². The van der Waals surface area contributed by atoms with Gasteiger partial charge in [-0.2, -0.15) is 0 Å². The van der Waals surface area contributed by atoms with E-state index in [1.807, 2.05) is 16.7 Å². The largest absolute Gasteiger partial charge is 0.485 e. The van der Waals surface area contributed by atoms with Crippen LogP contribution in [0.1, 0.15) is 65.1 Å². The third-order valence-corrected chi connectivity index (χ3v) is 9.40. The Balaban J connectivity index is 1.09. The first kappa shape index (κ1) is 29.0. The van der Waals surface area contributed by atoms with Crippen LogP contribution < -0.4 is 9.47 Å². The molecule has 2 aromatic heterocycles. The number of carbonyl (C=O) groups is 1. The molecule has 8 nitrogen and oxygen atoms in total. The lowest BCUT2D eigenvalue weighted by molar-refractivity contribution is 0.0594. The van der Waals surface area contributed by atoms with E-state index in [2.05, 4.69) is 16.0 Å². The van der Waals surface area contributed by atoms with E-state index in [-0.39, 0.29) is 23.6 Å². The van der Waals surface area contributed by atoms with Gasteiger partial charge in [-0.05, 0) is 75.0 Å². The quantitative estimate of drug-likeness (QED) is 0.204. The lowest BCUT2D eigenvalue weighted by Gasteiger charge is -2.35. The molecule has 0 unspecified atom stereocenters. The van der Waals surface area contributed by atoms with Gasteiger partial charge in [0, 0.05) is 28.1 Å². The highest BCUT2D eigenvalue weighted by molar-refractivity contribution is 6.30. The molecule has 1 aliphatic carbocycles. The third-order valence-electron chi connectivity index (χ3n) is 9.16. The molecule has 0 spiro atoms. The normalized spacial score (nSPS) is 19.7. The number of carbonyl (C=O) groups excluding carboxylic acids is 1. The van der Waals surface area contributed by atoms with Crippen LogP contribution in [0.3, 0.4) is 0 Å². The van der Waals surface area contributed by atoms with Gasteiger partial charge in [0.05, 0.1) is 20.3 Å². The van der Waals surface area contributed by atoms with E-state index < -0.39 is 24.6 Å². The first-order chi connectivity index (χ1) is 21.4. The van der Waals surface area contributed by atoms with Gasteiger partial charge in [0.15, 0.2) is 28.9 Å². The number of halogens is 3. The molecule has 0 amide bonds. The molecule has 1 saturated heterocycles. The van der Waals surface area contributed by atoms with Crippen LogP contribution in [-0.2, 0) is 17.8 Å².